The Kier molecular flexibility index (Phi) is 7.54. The lowest BCUT2D eigenvalue weighted by atomic mass is 10.1. The molecule has 0 aliphatic heterocycles. The lowest BCUT2D eigenvalue weighted by Gasteiger charge is -2.14. The Labute approximate surface area is 156 Å². The van der Waals surface area contributed by atoms with Crippen LogP contribution in [0.4, 0.5) is 8.78 Å². The van der Waals surface area contributed by atoms with Crippen LogP contribution in [0.2, 0.25) is 0 Å². The Morgan fingerprint density at radius 3 is 2.37 bits per heavy atom. The number of halogens is 2. The summed E-state index contributed by atoms with van der Waals surface area (Å²) < 4.78 is 29.5. The van der Waals surface area contributed by atoms with Gasteiger partial charge in [-0.05, 0) is 23.8 Å². The number of carbonyl (C=O) groups is 1. The van der Waals surface area contributed by atoms with Crippen molar-refractivity contribution < 1.29 is 18.3 Å². The first kappa shape index (κ1) is 20.2. The van der Waals surface area contributed by atoms with Gasteiger partial charge in [-0.3, -0.25) is 9.79 Å². The maximum atomic E-state index is 12.5. The molecule has 0 unspecified atom stereocenters. The number of alkyl halides is 2. The fourth-order valence-corrected chi connectivity index (χ4v) is 2.36. The van der Waals surface area contributed by atoms with Gasteiger partial charge in [0.1, 0.15) is 5.75 Å². The van der Waals surface area contributed by atoms with E-state index in [0.717, 1.165) is 5.56 Å². The van der Waals surface area contributed by atoms with E-state index in [1.807, 2.05) is 12.1 Å². The Morgan fingerprint density at radius 1 is 1.07 bits per heavy atom. The molecule has 27 heavy (non-hydrogen) atoms. The average Bonchev–Trinajstić information content (AvgIpc) is 2.68. The molecule has 2 aromatic carbocycles. The van der Waals surface area contributed by atoms with Gasteiger partial charge >= 0.3 is 6.61 Å². The first-order chi connectivity index (χ1) is 13.0. The molecule has 8 heteroatoms. The van der Waals surface area contributed by atoms with Crippen LogP contribution in [-0.4, -0.2) is 32.6 Å². The summed E-state index contributed by atoms with van der Waals surface area (Å²) in [4.78, 5) is 15.6. The minimum absolute atomic E-state index is 0.125. The van der Waals surface area contributed by atoms with Gasteiger partial charge in [-0.2, -0.15) is 8.78 Å². The van der Waals surface area contributed by atoms with E-state index in [1.54, 1.807) is 44.4 Å². The Hall–Kier alpha value is -3.16. The molecule has 0 bridgehead atoms. The number of nitrogens with one attached hydrogen (secondary N) is 3. The van der Waals surface area contributed by atoms with Gasteiger partial charge < -0.3 is 20.7 Å². The molecule has 0 aliphatic carbocycles. The number of hydrogen-bond donors (Lipinski definition) is 3. The van der Waals surface area contributed by atoms with Crippen LogP contribution in [-0.2, 0) is 13.1 Å². The molecular weight excluding hydrogens is 354 g/mol. The van der Waals surface area contributed by atoms with Crippen LogP contribution in [0.1, 0.15) is 21.5 Å². The van der Waals surface area contributed by atoms with Crippen LogP contribution in [0.25, 0.3) is 0 Å². The highest BCUT2D eigenvalue weighted by Crippen LogP contribution is 2.19. The van der Waals surface area contributed by atoms with E-state index in [0.29, 0.717) is 23.6 Å². The van der Waals surface area contributed by atoms with Crippen molar-refractivity contribution >= 4 is 11.9 Å². The lowest BCUT2D eigenvalue weighted by molar-refractivity contribution is -0.0504. The number of guanidine groups is 1. The number of carbonyl (C=O) groups excluding carboxylic acids is 1. The number of rotatable bonds is 7. The number of ether oxygens (including phenoxy) is 1. The molecule has 1 amide bonds. The summed E-state index contributed by atoms with van der Waals surface area (Å²) in [5.74, 6) is 0.495. The maximum Gasteiger partial charge on any atom is 0.387 e. The molecule has 0 radical (unpaired) electrons. The van der Waals surface area contributed by atoms with Crippen LogP contribution in [0.3, 0.4) is 0 Å². The molecule has 6 nitrogen and oxygen atoms in total. The second-order valence-corrected chi connectivity index (χ2v) is 5.54. The summed E-state index contributed by atoms with van der Waals surface area (Å²) in [5.41, 5.74) is 2.14. The summed E-state index contributed by atoms with van der Waals surface area (Å²) in [6, 6.07) is 13.8. The zero-order valence-electron chi connectivity index (χ0n) is 15.1. The number of benzene rings is 2. The smallest absolute Gasteiger partial charge is 0.387 e. The monoisotopic (exact) mass is 376 g/mol. The third-order valence-corrected chi connectivity index (χ3v) is 3.76. The van der Waals surface area contributed by atoms with Gasteiger partial charge in [-0.15, -0.1) is 0 Å². The van der Waals surface area contributed by atoms with Crippen LogP contribution >= 0.6 is 0 Å². The summed E-state index contributed by atoms with van der Waals surface area (Å²) >= 11 is 0. The fraction of sp³-hybridized carbons (Fsp3) is 0.263. The van der Waals surface area contributed by atoms with E-state index in [1.165, 1.54) is 6.07 Å². The zero-order chi connectivity index (χ0) is 19.6. The van der Waals surface area contributed by atoms with Gasteiger partial charge in [0.25, 0.3) is 5.91 Å². The van der Waals surface area contributed by atoms with Crippen LogP contribution < -0.4 is 20.7 Å². The highest BCUT2D eigenvalue weighted by molar-refractivity contribution is 5.93. The van der Waals surface area contributed by atoms with Crippen molar-refractivity contribution in [2.45, 2.75) is 19.7 Å². The van der Waals surface area contributed by atoms with Crippen molar-refractivity contribution in [1.29, 1.82) is 0 Å². The Balaban J connectivity index is 1.90. The molecule has 3 N–H and O–H groups in total. The third-order valence-electron chi connectivity index (χ3n) is 3.76. The van der Waals surface area contributed by atoms with Crippen molar-refractivity contribution in [3.63, 3.8) is 0 Å². The second-order valence-electron chi connectivity index (χ2n) is 5.54. The summed E-state index contributed by atoms with van der Waals surface area (Å²) in [6.07, 6.45) is 0. The molecule has 0 atom stereocenters. The van der Waals surface area contributed by atoms with Crippen molar-refractivity contribution in [2.24, 2.45) is 4.99 Å². The lowest BCUT2D eigenvalue weighted by Crippen LogP contribution is -2.36. The van der Waals surface area contributed by atoms with Crippen LogP contribution in [0.15, 0.2) is 53.5 Å². The SMILES string of the molecule is CN=C(NCc1ccc(C(=O)NC)cc1)NCc1ccccc1OC(F)F. The van der Waals surface area contributed by atoms with Gasteiger partial charge in [-0.1, -0.05) is 30.3 Å². The first-order valence-corrected chi connectivity index (χ1v) is 8.31. The third kappa shape index (κ3) is 6.25. The van der Waals surface area contributed by atoms with Crippen molar-refractivity contribution in [3.05, 3.63) is 65.2 Å². The number of aliphatic imine (C=N–C) groups is 1. The van der Waals surface area contributed by atoms with Gasteiger partial charge in [-0.25, -0.2) is 0 Å². The number of amides is 1. The molecular formula is C19H22F2N4O2. The highest BCUT2D eigenvalue weighted by Gasteiger charge is 2.09. The maximum absolute atomic E-state index is 12.5. The predicted molar refractivity (Wildman–Crippen MR) is 99.9 cm³/mol. The first-order valence-electron chi connectivity index (χ1n) is 8.31. The Bertz CT molecular complexity index is 780. The van der Waals surface area contributed by atoms with Crippen LogP contribution in [0, 0.1) is 0 Å². The molecule has 144 valence electrons. The summed E-state index contributed by atoms with van der Waals surface area (Å²) in [5, 5.41) is 8.75. The molecule has 2 aromatic rings. The van der Waals surface area contributed by atoms with E-state index in [2.05, 4.69) is 25.7 Å². The number of hydrogen-bond acceptors (Lipinski definition) is 3. The van der Waals surface area contributed by atoms with Crippen LogP contribution in [0.5, 0.6) is 5.75 Å². The molecule has 0 heterocycles. The van der Waals surface area contributed by atoms with Crippen molar-refractivity contribution in [3.8, 4) is 5.75 Å². The van der Waals surface area contributed by atoms with Crippen molar-refractivity contribution in [1.82, 2.24) is 16.0 Å². The van der Waals surface area contributed by atoms with E-state index < -0.39 is 6.61 Å². The average molecular weight is 376 g/mol. The fourth-order valence-electron chi connectivity index (χ4n) is 2.36. The van der Waals surface area contributed by atoms with Gasteiger partial charge in [0.2, 0.25) is 0 Å². The minimum Gasteiger partial charge on any atom is -0.434 e. The molecule has 0 saturated heterocycles. The Morgan fingerprint density at radius 2 is 1.74 bits per heavy atom. The van der Waals surface area contributed by atoms with Gasteiger partial charge in [0.15, 0.2) is 5.96 Å². The highest BCUT2D eigenvalue weighted by atomic mass is 19.3. The predicted octanol–water partition coefficient (Wildman–Crippen LogP) is 2.51. The van der Waals surface area contributed by atoms with E-state index in [9.17, 15) is 13.6 Å². The second kappa shape index (κ2) is 10.1. The molecule has 0 fully saturated rings. The number of para-hydroxylation sites is 1. The largest absolute Gasteiger partial charge is 0.434 e. The topological polar surface area (TPSA) is 74.8 Å². The van der Waals surface area contributed by atoms with E-state index in [-0.39, 0.29) is 18.2 Å². The molecule has 0 spiro atoms. The molecule has 0 aromatic heterocycles. The van der Waals surface area contributed by atoms with Gasteiger partial charge in [0, 0.05) is 38.3 Å². The van der Waals surface area contributed by atoms with E-state index in [4.69, 9.17) is 0 Å². The summed E-state index contributed by atoms with van der Waals surface area (Å²) in [7, 11) is 3.20. The summed E-state index contributed by atoms with van der Waals surface area (Å²) in [6.45, 7) is -2.11. The molecule has 2 rings (SSSR count). The van der Waals surface area contributed by atoms with E-state index >= 15 is 0 Å². The minimum atomic E-state index is -2.87. The quantitative estimate of drug-likeness (QED) is 0.513. The molecule has 0 aliphatic rings. The normalized spacial score (nSPS) is 11.2. The standard InChI is InChI=1S/C19H22F2N4O2/c1-22-17(26)14-9-7-13(8-10-14)11-24-19(23-2)25-12-15-5-3-4-6-16(15)27-18(20)21/h3-10,18H,11-12H2,1-2H3,(H,22,26)(H2,23,24,25). The molecule has 0 saturated carbocycles. The zero-order valence-corrected chi connectivity index (χ0v) is 15.1. The number of nitrogens with zero attached hydrogens (tertiary/aromatic N) is 1. The van der Waals surface area contributed by atoms with Crippen molar-refractivity contribution in [2.75, 3.05) is 14.1 Å². The van der Waals surface area contributed by atoms with Gasteiger partial charge in [0.05, 0.1) is 0 Å².